The highest BCUT2D eigenvalue weighted by Crippen LogP contribution is 2.22. The zero-order valence-electron chi connectivity index (χ0n) is 12.4. The van der Waals surface area contributed by atoms with Gasteiger partial charge in [0, 0.05) is 12.6 Å². The Kier molecular flexibility index (Phi) is 3.15. The van der Waals surface area contributed by atoms with Gasteiger partial charge in [-0.3, -0.25) is 0 Å². The van der Waals surface area contributed by atoms with E-state index in [-0.39, 0.29) is 5.82 Å². The van der Waals surface area contributed by atoms with Crippen LogP contribution in [-0.2, 0) is 13.5 Å². The number of halogens is 1. The monoisotopic (exact) mass is 308 g/mol. The summed E-state index contributed by atoms with van der Waals surface area (Å²) in [5.41, 5.74) is 3.57. The maximum absolute atomic E-state index is 13.2. The molecule has 5 nitrogen and oxygen atoms in total. The maximum Gasteiger partial charge on any atom is 0.231 e. The van der Waals surface area contributed by atoms with Crippen LogP contribution in [0.25, 0.3) is 22.4 Å². The fourth-order valence-electron chi connectivity index (χ4n) is 2.53. The summed E-state index contributed by atoms with van der Waals surface area (Å²) in [6, 6.07) is 12.2. The van der Waals surface area contributed by atoms with Crippen molar-refractivity contribution >= 4 is 11.0 Å². The van der Waals surface area contributed by atoms with Gasteiger partial charge >= 0.3 is 0 Å². The van der Waals surface area contributed by atoms with E-state index in [1.54, 1.807) is 12.4 Å². The molecular formula is C17H13FN4O. The lowest BCUT2D eigenvalue weighted by molar-refractivity contribution is 0.385. The van der Waals surface area contributed by atoms with Gasteiger partial charge in [-0.2, -0.15) is 4.98 Å². The largest absolute Gasteiger partial charge is 0.339 e. The standard InChI is InChI=1S/C17H13FN4O/c1-22-10-19-14-6-5-12(9-15(14)22)17-20-16(23-21-17)8-11-3-2-4-13(18)7-11/h2-7,9-10H,8H2,1H3. The molecule has 0 aliphatic rings. The topological polar surface area (TPSA) is 56.7 Å². The summed E-state index contributed by atoms with van der Waals surface area (Å²) in [7, 11) is 1.94. The Morgan fingerprint density at radius 3 is 2.96 bits per heavy atom. The molecule has 114 valence electrons. The molecule has 0 saturated heterocycles. The maximum atomic E-state index is 13.2. The van der Waals surface area contributed by atoms with Gasteiger partial charge in [0.25, 0.3) is 0 Å². The second kappa shape index (κ2) is 5.31. The summed E-state index contributed by atoms with van der Waals surface area (Å²) in [6.07, 6.45) is 2.17. The number of nitrogens with zero attached hydrogens (tertiary/aromatic N) is 4. The molecule has 0 spiro atoms. The highest BCUT2D eigenvalue weighted by atomic mass is 19.1. The van der Waals surface area contributed by atoms with E-state index in [9.17, 15) is 4.39 Å². The quantitative estimate of drug-likeness (QED) is 0.582. The van der Waals surface area contributed by atoms with Crippen molar-refractivity contribution in [2.75, 3.05) is 0 Å². The van der Waals surface area contributed by atoms with E-state index < -0.39 is 0 Å². The molecule has 0 amide bonds. The molecule has 0 N–H and O–H groups in total. The molecule has 0 radical (unpaired) electrons. The minimum atomic E-state index is -0.274. The molecule has 2 aromatic heterocycles. The van der Waals surface area contributed by atoms with Crippen LogP contribution in [0.4, 0.5) is 4.39 Å². The Hall–Kier alpha value is -3.02. The second-order valence-corrected chi connectivity index (χ2v) is 5.38. The van der Waals surface area contributed by atoms with E-state index in [0.29, 0.717) is 18.1 Å². The minimum Gasteiger partial charge on any atom is -0.339 e. The Bertz CT molecular complexity index is 989. The smallest absolute Gasteiger partial charge is 0.231 e. The summed E-state index contributed by atoms with van der Waals surface area (Å²) in [5, 5.41) is 4.02. The SMILES string of the molecule is Cn1cnc2ccc(-c3noc(Cc4cccc(F)c4)n3)cc21. The molecule has 2 heterocycles. The first-order valence-electron chi connectivity index (χ1n) is 7.17. The molecule has 0 aliphatic carbocycles. The first-order chi connectivity index (χ1) is 11.2. The number of fused-ring (bicyclic) bond motifs is 1. The van der Waals surface area contributed by atoms with Gasteiger partial charge in [-0.05, 0) is 35.9 Å². The lowest BCUT2D eigenvalue weighted by Gasteiger charge is -1.97. The Balaban J connectivity index is 1.64. The summed E-state index contributed by atoms with van der Waals surface area (Å²) < 4.78 is 20.4. The summed E-state index contributed by atoms with van der Waals surface area (Å²) in [4.78, 5) is 8.68. The molecule has 4 rings (SSSR count). The zero-order chi connectivity index (χ0) is 15.8. The van der Waals surface area contributed by atoms with Crippen molar-refractivity contribution < 1.29 is 8.91 Å². The van der Waals surface area contributed by atoms with Crippen molar-refractivity contribution in [2.24, 2.45) is 7.05 Å². The molecule has 6 heteroatoms. The third-order valence-corrected chi connectivity index (χ3v) is 3.70. The molecule has 0 aliphatic heterocycles. The van der Waals surface area contributed by atoms with E-state index in [2.05, 4.69) is 15.1 Å². The van der Waals surface area contributed by atoms with Crippen LogP contribution in [0.2, 0.25) is 0 Å². The first-order valence-corrected chi connectivity index (χ1v) is 7.17. The number of imidazole rings is 1. The van der Waals surface area contributed by atoms with Crippen LogP contribution in [0.3, 0.4) is 0 Å². The number of hydrogen-bond acceptors (Lipinski definition) is 4. The van der Waals surface area contributed by atoms with Crippen LogP contribution < -0.4 is 0 Å². The van der Waals surface area contributed by atoms with Gasteiger partial charge in [-0.15, -0.1) is 0 Å². The van der Waals surface area contributed by atoms with E-state index in [1.807, 2.05) is 35.9 Å². The summed E-state index contributed by atoms with van der Waals surface area (Å²) in [6.45, 7) is 0. The van der Waals surface area contributed by atoms with Crippen LogP contribution >= 0.6 is 0 Å². The molecular weight excluding hydrogens is 295 g/mol. The lowest BCUT2D eigenvalue weighted by atomic mass is 10.1. The van der Waals surface area contributed by atoms with Crippen molar-refractivity contribution in [2.45, 2.75) is 6.42 Å². The molecule has 0 saturated carbocycles. The van der Waals surface area contributed by atoms with Crippen LogP contribution in [0.5, 0.6) is 0 Å². The van der Waals surface area contributed by atoms with Gasteiger partial charge in [-0.25, -0.2) is 9.37 Å². The summed E-state index contributed by atoms with van der Waals surface area (Å²) in [5.74, 6) is 0.694. The van der Waals surface area contributed by atoms with Crippen LogP contribution in [0, 0.1) is 5.82 Å². The second-order valence-electron chi connectivity index (χ2n) is 5.38. The Labute approximate surface area is 131 Å². The van der Waals surface area contributed by atoms with Crippen LogP contribution in [0.1, 0.15) is 11.5 Å². The number of aryl methyl sites for hydroxylation is 1. The van der Waals surface area contributed by atoms with Gasteiger partial charge in [0.1, 0.15) is 5.82 Å². The van der Waals surface area contributed by atoms with Crippen molar-refractivity contribution in [1.82, 2.24) is 19.7 Å². The molecule has 23 heavy (non-hydrogen) atoms. The van der Waals surface area contributed by atoms with Crippen LogP contribution in [-0.4, -0.2) is 19.7 Å². The summed E-state index contributed by atoms with van der Waals surface area (Å²) >= 11 is 0. The fraction of sp³-hybridized carbons (Fsp3) is 0.118. The van der Waals surface area contributed by atoms with E-state index in [0.717, 1.165) is 22.2 Å². The van der Waals surface area contributed by atoms with Crippen molar-refractivity contribution in [3.63, 3.8) is 0 Å². The van der Waals surface area contributed by atoms with Gasteiger partial charge in [0.2, 0.25) is 11.7 Å². The van der Waals surface area contributed by atoms with Gasteiger partial charge in [-0.1, -0.05) is 17.3 Å². The number of aromatic nitrogens is 4. The normalized spacial score (nSPS) is 11.2. The predicted molar refractivity (Wildman–Crippen MR) is 83.2 cm³/mol. The molecule has 0 atom stereocenters. The third kappa shape index (κ3) is 2.59. The highest BCUT2D eigenvalue weighted by molar-refractivity contribution is 5.80. The molecule has 0 fully saturated rings. The minimum absolute atomic E-state index is 0.274. The molecule has 0 unspecified atom stereocenters. The van der Waals surface area contributed by atoms with E-state index in [1.165, 1.54) is 12.1 Å². The van der Waals surface area contributed by atoms with Crippen molar-refractivity contribution in [1.29, 1.82) is 0 Å². The Morgan fingerprint density at radius 2 is 2.09 bits per heavy atom. The van der Waals surface area contributed by atoms with Gasteiger partial charge in [0.15, 0.2) is 0 Å². The van der Waals surface area contributed by atoms with Crippen LogP contribution in [0.15, 0.2) is 53.3 Å². The Morgan fingerprint density at radius 1 is 1.17 bits per heavy atom. The predicted octanol–water partition coefficient (Wildman–Crippen LogP) is 3.35. The van der Waals surface area contributed by atoms with Gasteiger partial charge < -0.3 is 9.09 Å². The molecule has 0 bridgehead atoms. The van der Waals surface area contributed by atoms with Crippen molar-refractivity contribution in [3.8, 4) is 11.4 Å². The third-order valence-electron chi connectivity index (χ3n) is 3.70. The lowest BCUT2D eigenvalue weighted by Crippen LogP contribution is -1.90. The van der Waals surface area contributed by atoms with Gasteiger partial charge in [0.05, 0.1) is 23.8 Å². The number of benzene rings is 2. The molecule has 4 aromatic rings. The van der Waals surface area contributed by atoms with E-state index in [4.69, 9.17) is 4.52 Å². The highest BCUT2D eigenvalue weighted by Gasteiger charge is 2.11. The van der Waals surface area contributed by atoms with Crippen molar-refractivity contribution in [3.05, 3.63) is 66.1 Å². The molecule has 2 aromatic carbocycles. The zero-order valence-corrected chi connectivity index (χ0v) is 12.4. The average molecular weight is 308 g/mol. The number of rotatable bonds is 3. The van der Waals surface area contributed by atoms with E-state index >= 15 is 0 Å². The number of hydrogen-bond donors (Lipinski definition) is 0. The fourth-order valence-corrected chi connectivity index (χ4v) is 2.53. The average Bonchev–Trinajstić information content (AvgIpc) is 3.15. The first kappa shape index (κ1) is 13.6.